The summed E-state index contributed by atoms with van der Waals surface area (Å²) in [4.78, 5) is 80.4. The van der Waals surface area contributed by atoms with Crippen LogP contribution in [0.15, 0.2) is 30.3 Å². The van der Waals surface area contributed by atoms with Crippen LogP contribution in [-0.2, 0) is 54.0 Å². The van der Waals surface area contributed by atoms with Gasteiger partial charge in [-0.05, 0) is 75.0 Å². The van der Waals surface area contributed by atoms with E-state index >= 15 is 0 Å². The van der Waals surface area contributed by atoms with E-state index in [0.29, 0.717) is 30.4 Å². The molecule has 8 N–H and O–H groups in total. The van der Waals surface area contributed by atoms with Crippen molar-refractivity contribution in [3.05, 3.63) is 35.9 Å². The third kappa shape index (κ3) is 25.4. The standard InChI is InChI=1S/C13H17NO4.C13H28OSi.C9H15NO5.C9H15NO4.C4H6O4.CH4O/c15-8-11-6-12(16)7-14(11)13(17)18-9-10-4-2-1-3-5-10;1-7-11-8-9-12(10-11)14-15(5,6)13(2,3)4;1-15-9(14)3-8(13)10-4-7(12)2-6(10)5-11;1-6-3-7(11)5-10(6)8(12)4-9(13)14-2;5-2-3(6)1-4(7)8;1-2/h1-5,11-12,15-16H,6-9H2;11-12H,7-10H2,1-6H3;6-7,11-12H,2-5H2,1H3;6-7,11H,3-5H2,1-2H3;5H,1-2H2,(H,7,8);2H,1H3/t11-,12+;11-,12-;6-,7+;6-,7-;;/m0001../s1/i;;;1D;;2T. The quantitative estimate of drug-likeness (QED) is 0.0572. The zero-order chi connectivity index (χ0) is 56.8. The van der Waals surface area contributed by atoms with Crippen LogP contribution < -0.4 is 0 Å². The Morgan fingerprint density at radius 3 is 1.68 bits per heavy atom. The first-order valence-corrected chi connectivity index (χ1v) is 26.9. The highest BCUT2D eigenvalue weighted by Gasteiger charge is 2.41. The van der Waals surface area contributed by atoms with Crippen LogP contribution in [0, 0.1) is 5.92 Å². The minimum absolute atomic E-state index is 0.0456. The van der Waals surface area contributed by atoms with Gasteiger partial charge >= 0.3 is 24.0 Å². The normalized spacial score (nSPS) is 23.5. The molecule has 3 aliphatic heterocycles. The summed E-state index contributed by atoms with van der Waals surface area (Å²) in [5.74, 6) is -2.95. The van der Waals surface area contributed by atoms with Crippen LogP contribution in [0.3, 0.4) is 0 Å². The van der Waals surface area contributed by atoms with Crippen molar-refractivity contribution < 1.29 is 94.4 Å². The maximum atomic E-state index is 11.8. The number of amides is 3. The highest BCUT2D eigenvalue weighted by Crippen LogP contribution is 2.40. The minimum Gasteiger partial charge on any atom is -0.481 e. The van der Waals surface area contributed by atoms with E-state index in [-0.39, 0.29) is 77.2 Å². The Morgan fingerprint density at radius 2 is 1.25 bits per heavy atom. The number of likely N-dealkylation sites (tertiary alicyclic amines) is 3. The average molecular weight is 1050 g/mol. The molecule has 1 aromatic rings. The number of hydrogen-bond acceptors (Lipinski definition) is 18. The van der Waals surface area contributed by atoms with Crippen LogP contribution in [0.25, 0.3) is 0 Å². The Kier molecular flexibility index (Phi) is 30.7. The van der Waals surface area contributed by atoms with Crippen LogP contribution in [0.2, 0.25) is 18.1 Å². The summed E-state index contributed by atoms with van der Waals surface area (Å²) in [5, 5.41) is 66.0. The number of carbonyl (C=O) groups excluding carboxylic acids is 6. The first-order chi connectivity index (χ1) is 34.7. The molecule has 0 unspecified atom stereocenters. The molecule has 414 valence electrons. The van der Waals surface area contributed by atoms with E-state index in [0.717, 1.165) is 11.5 Å². The number of aliphatic hydroxyl groups excluding tert-OH is 7. The second kappa shape index (κ2) is 34.8. The maximum absolute atomic E-state index is 11.8. The van der Waals surface area contributed by atoms with Gasteiger partial charge in [-0.1, -0.05) is 64.4 Å². The number of esters is 2. The number of carboxylic acid groups (broad SMARTS) is 1. The number of Topliss-reactive ketones (excluding diaryl/α,β-unsaturated/α-hetero) is 1. The van der Waals surface area contributed by atoms with Crippen molar-refractivity contribution in [2.45, 2.75) is 166 Å². The van der Waals surface area contributed by atoms with Crippen molar-refractivity contribution in [3.63, 3.8) is 0 Å². The van der Waals surface area contributed by atoms with E-state index in [4.69, 9.17) is 32.4 Å². The van der Waals surface area contributed by atoms with Gasteiger partial charge in [0.05, 0.1) is 64.4 Å². The van der Waals surface area contributed by atoms with Gasteiger partial charge < -0.3 is 74.2 Å². The average Bonchev–Trinajstić information content (AvgIpc) is 4.16. The number of β-amino-alcohol motifs (C(OH)–C–C–N with tert-alkyl or cyclic N) is 3. The highest BCUT2D eigenvalue weighted by atomic mass is 28.4. The van der Waals surface area contributed by atoms with Gasteiger partial charge in [0.1, 0.15) is 32.5 Å². The summed E-state index contributed by atoms with van der Waals surface area (Å²) in [6.45, 7) is 13.8. The summed E-state index contributed by atoms with van der Waals surface area (Å²) in [6.07, 6.45) is 3.52. The maximum Gasteiger partial charge on any atom is 0.410 e. The lowest BCUT2D eigenvalue weighted by Crippen LogP contribution is -2.43. The van der Waals surface area contributed by atoms with Crippen molar-refractivity contribution in [3.8, 4) is 0 Å². The molecule has 0 radical (unpaired) electrons. The number of hydrogen-bond donors (Lipinski definition) is 8. The predicted octanol–water partition coefficient (Wildman–Crippen LogP) is 2.00. The highest BCUT2D eigenvalue weighted by molar-refractivity contribution is 6.74. The van der Waals surface area contributed by atoms with Gasteiger partial charge in [0.25, 0.3) is 0 Å². The van der Waals surface area contributed by atoms with Crippen molar-refractivity contribution >= 4 is 49.9 Å². The van der Waals surface area contributed by atoms with Gasteiger partial charge in [-0.2, -0.15) is 0 Å². The molecule has 8 atom stereocenters. The zero-order valence-electron chi connectivity index (χ0n) is 45.6. The van der Waals surface area contributed by atoms with Gasteiger partial charge in [0, 0.05) is 33.7 Å². The van der Waals surface area contributed by atoms with E-state index in [1.807, 2.05) is 30.3 Å². The van der Waals surface area contributed by atoms with Gasteiger partial charge in [-0.15, -0.1) is 0 Å². The van der Waals surface area contributed by atoms with Gasteiger partial charge in [-0.3, -0.25) is 28.8 Å². The second-order valence-corrected chi connectivity index (χ2v) is 23.9. The molecule has 4 aliphatic rings. The molecule has 1 aromatic carbocycles. The summed E-state index contributed by atoms with van der Waals surface area (Å²) in [6, 6.07) is 8.37. The molecular formula is C49H85N3O19Si. The van der Waals surface area contributed by atoms with E-state index in [1.54, 1.807) is 0 Å². The molecule has 4 fully saturated rings. The van der Waals surface area contributed by atoms with Crippen LogP contribution in [-0.4, -0.2) is 210 Å². The molecule has 3 amide bonds. The Bertz CT molecular complexity index is 1780. The molecular weight excluding hydrogens is 963 g/mol. The SMILES string of the molecule is CC[C@H]1CC[C@H](O[Si](C)(C)C(C)(C)C)C1.COC(=O)CC(=O)N1C[C@H](O)C[C@H]1CO.O=C(O)CC(=O)CO.O=C(OCc1ccccc1)N1C[C@H](O)C[C@H]1CO.[2H]C[C@@H]1C[C@@H](O)CN1C(=O)CC(=O)OC.[3H]OC. The fourth-order valence-corrected chi connectivity index (χ4v) is 8.98. The third-order valence-electron chi connectivity index (χ3n) is 12.6. The molecule has 0 spiro atoms. The Labute approximate surface area is 428 Å². The summed E-state index contributed by atoms with van der Waals surface area (Å²) in [7, 11) is 2.20. The fourth-order valence-electron chi connectivity index (χ4n) is 7.58. The fraction of sp³-hybridized carbons (Fsp3) is 0.735. The molecule has 3 heterocycles. The molecule has 3 saturated heterocycles. The monoisotopic (exact) mass is 1050 g/mol. The van der Waals surface area contributed by atoms with Crippen molar-refractivity contribution in [1.29, 1.82) is 1.43 Å². The van der Waals surface area contributed by atoms with E-state index in [2.05, 4.69) is 55.4 Å². The molecule has 5 rings (SSSR count). The summed E-state index contributed by atoms with van der Waals surface area (Å²) < 4.78 is 33.3. The van der Waals surface area contributed by atoms with Crippen LogP contribution >= 0.6 is 0 Å². The lowest BCUT2D eigenvalue weighted by atomic mass is 10.1. The molecule has 1 saturated carbocycles. The van der Waals surface area contributed by atoms with E-state index in [1.165, 1.54) is 61.7 Å². The number of ketones is 1. The molecule has 23 heteroatoms. The zero-order valence-corrected chi connectivity index (χ0v) is 44.6. The van der Waals surface area contributed by atoms with Gasteiger partial charge in [0.2, 0.25) is 13.2 Å². The number of carbonyl (C=O) groups is 7. The smallest absolute Gasteiger partial charge is 0.410 e. The van der Waals surface area contributed by atoms with Crippen LogP contribution in [0.4, 0.5) is 4.79 Å². The lowest BCUT2D eigenvalue weighted by Gasteiger charge is -2.38. The number of rotatable bonds is 14. The largest absolute Gasteiger partial charge is 0.481 e. The summed E-state index contributed by atoms with van der Waals surface area (Å²) in [5.41, 5.74) is 0.908. The Balaban J connectivity index is 0.000000902. The molecule has 0 bridgehead atoms. The second-order valence-electron chi connectivity index (χ2n) is 19.1. The Hall–Kier alpha value is -4.59. The summed E-state index contributed by atoms with van der Waals surface area (Å²) >= 11 is 0. The van der Waals surface area contributed by atoms with E-state index < -0.39 is 81.4 Å². The first-order valence-electron chi connectivity index (χ1n) is 25.1. The number of benzene rings is 1. The first kappa shape index (κ1) is 63.5. The number of nitrogens with zero attached hydrogens (tertiary/aromatic N) is 3. The van der Waals surface area contributed by atoms with Gasteiger partial charge in [0.15, 0.2) is 14.1 Å². The van der Waals surface area contributed by atoms with Crippen molar-refractivity contribution in [1.82, 2.24) is 14.7 Å². The number of carboxylic acids is 1. The van der Waals surface area contributed by atoms with Crippen LogP contribution in [0.5, 0.6) is 0 Å². The number of methoxy groups -OCH3 is 2. The Morgan fingerprint density at radius 1 is 0.764 bits per heavy atom. The topological polar surface area (TPSA) is 328 Å². The number of aliphatic hydroxyl groups is 7. The van der Waals surface area contributed by atoms with E-state index in [9.17, 15) is 48.9 Å². The minimum atomic E-state index is -1.51. The molecule has 22 nitrogen and oxygen atoms in total. The van der Waals surface area contributed by atoms with Crippen molar-refractivity contribution in [2.24, 2.45) is 5.92 Å². The lowest BCUT2D eigenvalue weighted by molar-refractivity contribution is -0.149. The number of ether oxygens (including phenoxy) is 3. The molecule has 72 heavy (non-hydrogen) atoms. The molecule has 0 aromatic heterocycles. The molecule has 1 aliphatic carbocycles. The third-order valence-corrected chi connectivity index (χ3v) is 17.1. The van der Waals surface area contributed by atoms with Gasteiger partial charge in [-0.25, -0.2) is 4.79 Å². The van der Waals surface area contributed by atoms with Crippen molar-refractivity contribution in [2.75, 3.05) is 60.8 Å². The number of aliphatic carboxylic acids is 1. The predicted molar refractivity (Wildman–Crippen MR) is 265 cm³/mol. The van der Waals surface area contributed by atoms with Crippen LogP contribution in [0.1, 0.15) is 106 Å².